The summed E-state index contributed by atoms with van der Waals surface area (Å²) < 4.78 is 31.4. The number of rotatable bonds is 6. The van der Waals surface area contributed by atoms with Crippen LogP contribution in [-0.2, 0) is 23.8 Å². The summed E-state index contributed by atoms with van der Waals surface area (Å²) in [5.74, 6) is -0.588. The number of carbonyl (C=O) groups is 1. The van der Waals surface area contributed by atoms with Crippen molar-refractivity contribution in [3.8, 4) is 0 Å². The van der Waals surface area contributed by atoms with Gasteiger partial charge in [0.25, 0.3) is 10.1 Å². The van der Waals surface area contributed by atoms with Gasteiger partial charge in [-0.15, -0.1) is 0 Å². The summed E-state index contributed by atoms with van der Waals surface area (Å²) in [5.41, 5.74) is 0.918. The van der Waals surface area contributed by atoms with Gasteiger partial charge in [-0.05, 0) is 18.6 Å². The topological polar surface area (TPSA) is 69.7 Å². The molecule has 1 aromatic carbocycles. The van der Waals surface area contributed by atoms with Crippen LogP contribution in [0, 0.1) is 0 Å². The molecule has 0 saturated heterocycles. The Balaban J connectivity index is 2.92. The zero-order chi connectivity index (χ0) is 14.3. The van der Waals surface area contributed by atoms with Gasteiger partial charge in [-0.3, -0.25) is 4.18 Å². The predicted octanol–water partition coefficient (Wildman–Crippen LogP) is 1.61. The fourth-order valence-electron chi connectivity index (χ4n) is 1.30. The van der Waals surface area contributed by atoms with Crippen molar-refractivity contribution in [2.24, 2.45) is 0 Å². The van der Waals surface area contributed by atoms with Crippen molar-refractivity contribution in [2.75, 3.05) is 19.5 Å². The second-order valence-corrected chi connectivity index (χ2v) is 5.41. The highest BCUT2D eigenvalue weighted by Crippen LogP contribution is 2.10. The average Bonchev–Trinajstić information content (AvgIpc) is 2.35. The van der Waals surface area contributed by atoms with Crippen LogP contribution >= 0.6 is 0 Å². The Morgan fingerprint density at radius 1 is 1.26 bits per heavy atom. The first-order valence-corrected chi connectivity index (χ1v) is 7.51. The number of ether oxygens (including phenoxy) is 1. The Hall–Kier alpha value is -1.66. The molecule has 0 aliphatic carbocycles. The molecule has 1 aromatic rings. The van der Waals surface area contributed by atoms with Crippen LogP contribution in [0.15, 0.2) is 35.9 Å². The van der Waals surface area contributed by atoms with Gasteiger partial charge in [-0.2, -0.15) is 8.42 Å². The first kappa shape index (κ1) is 15.4. The lowest BCUT2D eigenvalue weighted by molar-refractivity contribution is -0.138. The van der Waals surface area contributed by atoms with Crippen molar-refractivity contribution in [2.45, 2.75) is 6.92 Å². The van der Waals surface area contributed by atoms with E-state index in [2.05, 4.69) is 4.18 Å². The fraction of sp³-hybridized carbons (Fsp3) is 0.308. The fourth-order valence-corrected chi connectivity index (χ4v) is 1.65. The first-order chi connectivity index (χ1) is 8.92. The molecule has 104 valence electrons. The van der Waals surface area contributed by atoms with E-state index < -0.39 is 16.1 Å². The minimum absolute atomic E-state index is 0.151. The van der Waals surface area contributed by atoms with Crippen molar-refractivity contribution in [1.82, 2.24) is 0 Å². The molecule has 1 rings (SSSR count). The number of benzene rings is 1. The molecule has 0 unspecified atom stereocenters. The molecule has 0 radical (unpaired) electrons. The maximum Gasteiger partial charge on any atom is 0.336 e. The molecule has 19 heavy (non-hydrogen) atoms. The Kier molecular flexibility index (Phi) is 5.72. The number of hydrogen-bond donors (Lipinski definition) is 0. The van der Waals surface area contributed by atoms with Gasteiger partial charge in [0.15, 0.2) is 0 Å². The van der Waals surface area contributed by atoms with Gasteiger partial charge in [0.05, 0.1) is 25.0 Å². The van der Waals surface area contributed by atoms with E-state index in [1.807, 2.05) is 18.2 Å². The van der Waals surface area contributed by atoms with Gasteiger partial charge < -0.3 is 4.74 Å². The van der Waals surface area contributed by atoms with E-state index in [-0.39, 0.29) is 18.8 Å². The molecule has 6 heteroatoms. The smallest absolute Gasteiger partial charge is 0.336 e. The van der Waals surface area contributed by atoms with E-state index in [1.165, 1.54) is 0 Å². The van der Waals surface area contributed by atoms with Crippen LogP contribution in [0.1, 0.15) is 12.5 Å². The van der Waals surface area contributed by atoms with Crippen molar-refractivity contribution < 1.29 is 22.1 Å². The van der Waals surface area contributed by atoms with Crippen LogP contribution in [0.4, 0.5) is 0 Å². The van der Waals surface area contributed by atoms with Crippen LogP contribution in [-0.4, -0.2) is 33.9 Å². The van der Waals surface area contributed by atoms with Crippen molar-refractivity contribution >= 4 is 22.2 Å². The molecule has 0 bridgehead atoms. The van der Waals surface area contributed by atoms with Gasteiger partial charge in [0.1, 0.15) is 0 Å². The second-order valence-electron chi connectivity index (χ2n) is 3.77. The third-order valence-corrected chi connectivity index (χ3v) is 2.65. The molecule has 0 atom stereocenters. The lowest BCUT2D eigenvalue weighted by Crippen LogP contribution is -2.15. The van der Waals surface area contributed by atoms with Crippen molar-refractivity contribution in [3.05, 3.63) is 41.5 Å². The van der Waals surface area contributed by atoms with Gasteiger partial charge in [-0.1, -0.05) is 30.3 Å². The number of carbonyl (C=O) groups excluding carboxylic acids is 1. The van der Waals surface area contributed by atoms with Gasteiger partial charge >= 0.3 is 5.97 Å². The molecule has 5 nitrogen and oxygen atoms in total. The van der Waals surface area contributed by atoms with E-state index in [1.54, 1.807) is 25.1 Å². The Morgan fingerprint density at radius 2 is 1.89 bits per heavy atom. The van der Waals surface area contributed by atoms with Crippen molar-refractivity contribution in [1.29, 1.82) is 0 Å². The summed E-state index contributed by atoms with van der Waals surface area (Å²) in [6, 6.07) is 9.05. The maximum atomic E-state index is 11.7. The van der Waals surface area contributed by atoms with Gasteiger partial charge in [-0.25, -0.2) is 4.79 Å². The highest BCUT2D eigenvalue weighted by Gasteiger charge is 2.14. The quantitative estimate of drug-likeness (QED) is 0.451. The summed E-state index contributed by atoms with van der Waals surface area (Å²) in [4.78, 5) is 11.7. The second kappa shape index (κ2) is 7.06. The molecule has 0 spiro atoms. The molecule has 0 aliphatic rings. The zero-order valence-corrected chi connectivity index (χ0v) is 11.6. The van der Waals surface area contributed by atoms with E-state index in [4.69, 9.17) is 4.74 Å². The Morgan fingerprint density at radius 3 is 2.42 bits per heavy atom. The van der Waals surface area contributed by atoms with E-state index in [0.29, 0.717) is 0 Å². The number of esters is 1. The molecule has 0 N–H and O–H groups in total. The normalized spacial score (nSPS) is 12.2. The Labute approximate surface area is 113 Å². The third kappa shape index (κ3) is 6.17. The lowest BCUT2D eigenvalue weighted by Gasteiger charge is -2.07. The first-order valence-electron chi connectivity index (χ1n) is 5.69. The summed E-state index contributed by atoms with van der Waals surface area (Å²) in [6.45, 7) is 1.55. The predicted molar refractivity (Wildman–Crippen MR) is 71.8 cm³/mol. The lowest BCUT2D eigenvalue weighted by atomic mass is 10.1. The van der Waals surface area contributed by atoms with Crippen LogP contribution in [0.25, 0.3) is 6.08 Å². The summed E-state index contributed by atoms with van der Waals surface area (Å²) in [5, 5.41) is 0. The molecular weight excluding hydrogens is 268 g/mol. The van der Waals surface area contributed by atoms with Crippen molar-refractivity contribution in [3.63, 3.8) is 0 Å². The average molecular weight is 284 g/mol. The summed E-state index contributed by atoms with van der Waals surface area (Å²) >= 11 is 0. The van der Waals surface area contributed by atoms with E-state index in [0.717, 1.165) is 11.8 Å². The highest BCUT2D eigenvalue weighted by atomic mass is 32.2. The standard InChI is InChI=1S/C13H16O5S/c1-3-17-13(14)12(10-18-19(2,15)16)9-11-7-5-4-6-8-11/h4-9H,3,10H2,1-2H3/b12-9+. The van der Waals surface area contributed by atoms with Gasteiger partial charge in [0, 0.05) is 0 Å². The van der Waals surface area contributed by atoms with Crippen LogP contribution in [0.3, 0.4) is 0 Å². The zero-order valence-electron chi connectivity index (χ0n) is 10.8. The van der Waals surface area contributed by atoms with Crippen LogP contribution in [0.5, 0.6) is 0 Å². The highest BCUT2D eigenvalue weighted by molar-refractivity contribution is 7.86. The molecule has 0 fully saturated rings. The minimum atomic E-state index is -3.61. The summed E-state index contributed by atoms with van der Waals surface area (Å²) in [6.07, 6.45) is 2.47. The molecular formula is C13H16O5S. The van der Waals surface area contributed by atoms with E-state index >= 15 is 0 Å². The SMILES string of the molecule is CCOC(=O)/C(=C/c1ccccc1)COS(C)(=O)=O. The van der Waals surface area contributed by atoms with Crippen LogP contribution < -0.4 is 0 Å². The molecule has 0 aromatic heterocycles. The molecule has 0 amide bonds. The van der Waals surface area contributed by atoms with Crippen LogP contribution in [0.2, 0.25) is 0 Å². The molecule has 0 saturated carbocycles. The largest absolute Gasteiger partial charge is 0.463 e. The van der Waals surface area contributed by atoms with Gasteiger partial charge in [0.2, 0.25) is 0 Å². The Bertz CT molecular complexity index is 546. The maximum absolute atomic E-state index is 11.7. The molecule has 0 aliphatic heterocycles. The summed E-state index contributed by atoms with van der Waals surface area (Å²) in [7, 11) is -3.61. The minimum Gasteiger partial charge on any atom is -0.463 e. The number of hydrogen-bond acceptors (Lipinski definition) is 5. The van der Waals surface area contributed by atoms with E-state index in [9.17, 15) is 13.2 Å². The monoisotopic (exact) mass is 284 g/mol. The third-order valence-electron chi connectivity index (χ3n) is 2.11. The molecule has 0 heterocycles.